The van der Waals surface area contributed by atoms with E-state index in [9.17, 15) is 19.7 Å². The number of benzene rings is 1. The van der Waals surface area contributed by atoms with Gasteiger partial charge in [-0.3, -0.25) is 10.1 Å². The molecule has 1 unspecified atom stereocenters. The first kappa shape index (κ1) is 11.1. The quantitative estimate of drug-likeness (QED) is 0.403. The molecule has 0 saturated heterocycles. The molecule has 0 aliphatic carbocycles. The SMILES string of the molecule is O=C1OCC([N+](=O)[O-])OC(=O)c2cccc1c2. The number of rotatable bonds is 1. The number of ether oxygens (including phenoxy) is 2. The number of hydrogen-bond donors (Lipinski definition) is 0. The highest BCUT2D eigenvalue weighted by Gasteiger charge is 2.29. The van der Waals surface area contributed by atoms with E-state index >= 15 is 0 Å². The van der Waals surface area contributed by atoms with Crippen molar-refractivity contribution in [2.75, 3.05) is 6.61 Å². The largest absolute Gasteiger partial charge is 0.450 e. The first-order valence-electron chi connectivity index (χ1n) is 4.69. The lowest BCUT2D eigenvalue weighted by Gasteiger charge is -2.08. The van der Waals surface area contributed by atoms with Gasteiger partial charge in [0.25, 0.3) is 0 Å². The first-order valence-corrected chi connectivity index (χ1v) is 4.69. The van der Waals surface area contributed by atoms with Gasteiger partial charge in [0.05, 0.1) is 16.1 Å². The number of carbonyl (C=O) groups excluding carboxylic acids is 2. The highest BCUT2D eigenvalue weighted by molar-refractivity contribution is 5.95. The molecule has 1 aromatic carbocycles. The summed E-state index contributed by atoms with van der Waals surface area (Å²) in [5, 5.41) is 10.6. The van der Waals surface area contributed by atoms with E-state index in [0.717, 1.165) is 0 Å². The van der Waals surface area contributed by atoms with Crippen LogP contribution >= 0.6 is 0 Å². The molecule has 0 aromatic heterocycles. The maximum Gasteiger partial charge on any atom is 0.390 e. The second kappa shape index (κ2) is 4.20. The molecule has 0 amide bonds. The van der Waals surface area contributed by atoms with Crippen LogP contribution in [-0.4, -0.2) is 29.7 Å². The minimum absolute atomic E-state index is 0.0770. The van der Waals surface area contributed by atoms with Gasteiger partial charge in [0, 0.05) is 0 Å². The fourth-order valence-electron chi connectivity index (χ4n) is 1.33. The van der Waals surface area contributed by atoms with E-state index in [-0.39, 0.29) is 11.1 Å². The van der Waals surface area contributed by atoms with Gasteiger partial charge in [-0.15, -0.1) is 0 Å². The predicted molar refractivity (Wildman–Crippen MR) is 52.9 cm³/mol. The van der Waals surface area contributed by atoms with Crippen molar-refractivity contribution in [2.24, 2.45) is 0 Å². The zero-order chi connectivity index (χ0) is 12.4. The molecular weight excluding hydrogens is 230 g/mol. The second-order valence-corrected chi connectivity index (χ2v) is 3.32. The van der Waals surface area contributed by atoms with Gasteiger partial charge < -0.3 is 9.47 Å². The molecule has 0 radical (unpaired) electrons. The first-order chi connectivity index (χ1) is 8.08. The Morgan fingerprint density at radius 2 is 1.88 bits per heavy atom. The molecule has 0 fully saturated rings. The Morgan fingerprint density at radius 3 is 2.53 bits per heavy atom. The summed E-state index contributed by atoms with van der Waals surface area (Å²) in [5.74, 6) is -1.58. The van der Waals surface area contributed by atoms with Crippen molar-refractivity contribution in [3.63, 3.8) is 0 Å². The lowest BCUT2D eigenvalue weighted by molar-refractivity contribution is -0.569. The maximum absolute atomic E-state index is 11.5. The summed E-state index contributed by atoms with van der Waals surface area (Å²) in [5.41, 5.74) is 0.233. The Bertz CT molecular complexity index is 497. The fraction of sp³-hybridized carbons (Fsp3) is 0.200. The Balaban J connectivity index is 2.38. The van der Waals surface area contributed by atoms with Crippen LogP contribution in [-0.2, 0) is 9.47 Å². The smallest absolute Gasteiger partial charge is 0.390 e. The number of fused-ring (bicyclic) bond motifs is 2. The van der Waals surface area contributed by atoms with E-state index < -0.39 is 29.7 Å². The summed E-state index contributed by atoms with van der Waals surface area (Å²) in [7, 11) is 0. The molecule has 7 nitrogen and oxygen atoms in total. The minimum atomic E-state index is -1.68. The van der Waals surface area contributed by atoms with E-state index in [4.69, 9.17) is 0 Å². The van der Waals surface area contributed by atoms with Crippen molar-refractivity contribution in [3.8, 4) is 0 Å². The van der Waals surface area contributed by atoms with Crippen LogP contribution in [0.4, 0.5) is 0 Å². The molecule has 1 heterocycles. The van der Waals surface area contributed by atoms with Crippen molar-refractivity contribution < 1.29 is 24.0 Å². The van der Waals surface area contributed by atoms with Crippen molar-refractivity contribution >= 4 is 11.9 Å². The van der Waals surface area contributed by atoms with Crippen LogP contribution in [0.5, 0.6) is 0 Å². The highest BCUT2D eigenvalue weighted by Crippen LogP contribution is 2.13. The van der Waals surface area contributed by atoms with Gasteiger partial charge in [0.1, 0.15) is 0 Å². The van der Waals surface area contributed by atoms with Crippen LogP contribution in [0.3, 0.4) is 0 Å². The molecule has 2 rings (SSSR count). The summed E-state index contributed by atoms with van der Waals surface area (Å²) in [6.07, 6.45) is -1.68. The minimum Gasteiger partial charge on any atom is -0.450 e. The van der Waals surface area contributed by atoms with E-state index in [1.165, 1.54) is 24.3 Å². The second-order valence-electron chi connectivity index (χ2n) is 3.32. The molecule has 17 heavy (non-hydrogen) atoms. The number of nitrogens with zero attached hydrogens (tertiary/aromatic N) is 1. The van der Waals surface area contributed by atoms with Gasteiger partial charge in [-0.2, -0.15) is 0 Å². The van der Waals surface area contributed by atoms with Crippen molar-refractivity contribution in [1.29, 1.82) is 0 Å². The Kier molecular flexibility index (Phi) is 2.73. The molecule has 7 heteroatoms. The van der Waals surface area contributed by atoms with Crippen LogP contribution < -0.4 is 0 Å². The molecule has 1 aliphatic rings. The topological polar surface area (TPSA) is 95.7 Å². The van der Waals surface area contributed by atoms with Crippen LogP contribution in [0.1, 0.15) is 20.7 Å². The molecule has 1 atom stereocenters. The number of hydrogen-bond acceptors (Lipinski definition) is 6. The predicted octanol–water partition coefficient (Wildman–Crippen LogP) is 0.617. The Hall–Kier alpha value is -2.44. The molecule has 88 valence electrons. The highest BCUT2D eigenvalue weighted by atomic mass is 16.7. The number of esters is 2. The summed E-state index contributed by atoms with van der Waals surface area (Å²) in [4.78, 5) is 32.7. The third-order valence-corrected chi connectivity index (χ3v) is 2.17. The molecule has 0 saturated carbocycles. The third-order valence-electron chi connectivity index (χ3n) is 2.17. The van der Waals surface area contributed by atoms with Gasteiger partial charge in [0.2, 0.25) is 0 Å². The zero-order valence-electron chi connectivity index (χ0n) is 8.49. The van der Waals surface area contributed by atoms with E-state index in [1.807, 2.05) is 0 Å². The van der Waals surface area contributed by atoms with Crippen molar-refractivity contribution in [1.82, 2.24) is 0 Å². The van der Waals surface area contributed by atoms with Gasteiger partial charge in [-0.1, -0.05) is 6.07 Å². The molecular formula is C10H7NO6. The van der Waals surface area contributed by atoms with Crippen LogP contribution in [0.15, 0.2) is 24.3 Å². The molecule has 1 aromatic rings. The maximum atomic E-state index is 11.5. The Morgan fingerprint density at radius 1 is 1.24 bits per heavy atom. The summed E-state index contributed by atoms with van der Waals surface area (Å²) >= 11 is 0. The lowest BCUT2D eigenvalue weighted by atomic mass is 10.1. The van der Waals surface area contributed by atoms with Crippen LogP contribution in [0, 0.1) is 10.1 Å². The number of nitro groups is 1. The standard InChI is InChI=1S/C10H7NO6/c12-9-6-2-1-3-7(4-6)10(13)17-8(5-16-9)11(14)15/h1-4,8H,5H2. The van der Waals surface area contributed by atoms with Crippen LogP contribution in [0.2, 0.25) is 0 Å². The number of cyclic esters (lactones) is 2. The van der Waals surface area contributed by atoms with E-state index in [1.54, 1.807) is 0 Å². The van der Waals surface area contributed by atoms with Gasteiger partial charge in [-0.25, -0.2) is 9.59 Å². The van der Waals surface area contributed by atoms with Gasteiger partial charge >= 0.3 is 18.2 Å². The van der Waals surface area contributed by atoms with Crippen molar-refractivity contribution in [3.05, 3.63) is 45.5 Å². The monoisotopic (exact) mass is 237 g/mol. The molecule has 1 aliphatic heterocycles. The lowest BCUT2D eigenvalue weighted by Crippen LogP contribution is -2.31. The molecule has 0 N–H and O–H groups in total. The fourth-order valence-corrected chi connectivity index (χ4v) is 1.33. The van der Waals surface area contributed by atoms with Crippen molar-refractivity contribution in [2.45, 2.75) is 6.23 Å². The van der Waals surface area contributed by atoms with Gasteiger partial charge in [0.15, 0.2) is 6.61 Å². The number of carbonyl (C=O) groups is 2. The normalized spacial score (nSPS) is 19.4. The third kappa shape index (κ3) is 2.22. The molecule has 2 bridgehead atoms. The average Bonchev–Trinajstić information content (AvgIpc) is 2.35. The summed E-state index contributed by atoms with van der Waals surface area (Å²) in [6, 6.07) is 5.60. The van der Waals surface area contributed by atoms with Crippen LogP contribution in [0.25, 0.3) is 0 Å². The Labute approximate surface area is 95.1 Å². The zero-order valence-corrected chi connectivity index (χ0v) is 8.49. The van der Waals surface area contributed by atoms with Gasteiger partial charge in [-0.05, 0) is 18.2 Å². The summed E-state index contributed by atoms with van der Waals surface area (Å²) < 4.78 is 9.27. The molecule has 0 spiro atoms. The van der Waals surface area contributed by atoms with E-state index in [2.05, 4.69) is 9.47 Å². The average molecular weight is 237 g/mol. The summed E-state index contributed by atoms with van der Waals surface area (Å²) in [6.45, 7) is -0.601. The van der Waals surface area contributed by atoms with E-state index in [0.29, 0.717) is 0 Å².